The number of nitriles is 1. The van der Waals surface area contributed by atoms with Crippen molar-refractivity contribution in [1.29, 1.82) is 5.26 Å². The molecule has 31 heavy (non-hydrogen) atoms. The standard InChI is InChI=1S/C22H26N6O2S/c1-17-14-20(6-7-21(17)22-5-3-2-4-19(22)15-23)31(29,30)26-10-13-28-11-8-18(9-12-28)16-25-27-24/h2-7,14,18,26H,8-13,16H2,1H3. The van der Waals surface area contributed by atoms with Crippen LogP contribution < -0.4 is 4.72 Å². The smallest absolute Gasteiger partial charge is 0.240 e. The summed E-state index contributed by atoms with van der Waals surface area (Å²) in [6.45, 7) is 5.11. The van der Waals surface area contributed by atoms with Crippen LogP contribution >= 0.6 is 0 Å². The fourth-order valence-corrected chi connectivity index (χ4v) is 4.99. The third-order valence-corrected chi connectivity index (χ3v) is 7.13. The van der Waals surface area contributed by atoms with Gasteiger partial charge in [0.2, 0.25) is 10.0 Å². The predicted octanol–water partition coefficient (Wildman–Crippen LogP) is 3.83. The van der Waals surface area contributed by atoms with Gasteiger partial charge in [0.1, 0.15) is 0 Å². The minimum Gasteiger partial charge on any atom is -0.302 e. The molecule has 2 aromatic carbocycles. The lowest BCUT2D eigenvalue weighted by Gasteiger charge is -2.31. The number of sulfonamides is 1. The van der Waals surface area contributed by atoms with E-state index in [4.69, 9.17) is 5.53 Å². The van der Waals surface area contributed by atoms with E-state index < -0.39 is 10.0 Å². The molecular formula is C22H26N6O2S. The van der Waals surface area contributed by atoms with E-state index in [2.05, 4.69) is 25.7 Å². The summed E-state index contributed by atoms with van der Waals surface area (Å²) in [7, 11) is -3.62. The van der Waals surface area contributed by atoms with E-state index in [1.54, 1.807) is 24.3 Å². The molecule has 0 aliphatic carbocycles. The van der Waals surface area contributed by atoms with E-state index in [9.17, 15) is 13.7 Å². The van der Waals surface area contributed by atoms with Crippen LogP contribution in [0, 0.1) is 24.2 Å². The third-order valence-electron chi connectivity index (χ3n) is 5.68. The molecule has 0 unspecified atom stereocenters. The molecule has 162 valence electrons. The molecule has 1 aliphatic heterocycles. The van der Waals surface area contributed by atoms with Crippen molar-refractivity contribution in [1.82, 2.24) is 9.62 Å². The molecule has 1 fully saturated rings. The van der Waals surface area contributed by atoms with Crippen molar-refractivity contribution in [3.05, 3.63) is 64.0 Å². The van der Waals surface area contributed by atoms with Gasteiger partial charge in [-0.05, 0) is 79.2 Å². The second-order valence-electron chi connectivity index (χ2n) is 7.73. The minimum atomic E-state index is -3.62. The lowest BCUT2D eigenvalue weighted by molar-refractivity contribution is 0.190. The first-order valence-electron chi connectivity index (χ1n) is 10.3. The highest BCUT2D eigenvalue weighted by Gasteiger charge is 2.20. The summed E-state index contributed by atoms with van der Waals surface area (Å²) in [5.74, 6) is 0.413. The molecule has 1 heterocycles. The topological polar surface area (TPSA) is 122 Å². The van der Waals surface area contributed by atoms with E-state index in [1.807, 2.05) is 25.1 Å². The van der Waals surface area contributed by atoms with Gasteiger partial charge in [-0.1, -0.05) is 29.4 Å². The molecule has 0 atom stereocenters. The molecule has 1 N–H and O–H groups in total. The first kappa shape index (κ1) is 22.8. The molecule has 8 nitrogen and oxygen atoms in total. The van der Waals surface area contributed by atoms with Crippen LogP contribution in [0.4, 0.5) is 0 Å². The highest BCUT2D eigenvalue weighted by molar-refractivity contribution is 7.89. The summed E-state index contributed by atoms with van der Waals surface area (Å²) in [6.07, 6.45) is 1.91. The number of likely N-dealkylation sites (tertiary alicyclic amines) is 1. The molecule has 0 spiro atoms. The van der Waals surface area contributed by atoms with Gasteiger partial charge in [-0.25, -0.2) is 13.1 Å². The summed E-state index contributed by atoms with van der Waals surface area (Å²) < 4.78 is 28.2. The molecule has 0 bridgehead atoms. The molecule has 0 aromatic heterocycles. The maximum absolute atomic E-state index is 12.7. The Bertz CT molecular complexity index is 1110. The zero-order chi connectivity index (χ0) is 22.3. The quantitative estimate of drug-likeness (QED) is 0.382. The van der Waals surface area contributed by atoms with Crippen LogP contribution in [0.3, 0.4) is 0 Å². The average Bonchev–Trinajstić information content (AvgIpc) is 2.78. The summed E-state index contributed by atoms with van der Waals surface area (Å²) in [5.41, 5.74) is 11.4. The highest BCUT2D eigenvalue weighted by Crippen LogP contribution is 2.28. The first-order chi connectivity index (χ1) is 14.9. The van der Waals surface area contributed by atoms with Crippen molar-refractivity contribution in [3.8, 4) is 17.2 Å². The Kier molecular flexibility index (Phi) is 7.66. The van der Waals surface area contributed by atoms with Crippen molar-refractivity contribution < 1.29 is 8.42 Å². The van der Waals surface area contributed by atoms with Crippen molar-refractivity contribution in [2.24, 2.45) is 11.0 Å². The van der Waals surface area contributed by atoms with Gasteiger partial charge in [0.15, 0.2) is 0 Å². The summed E-state index contributed by atoms with van der Waals surface area (Å²) >= 11 is 0. The van der Waals surface area contributed by atoms with Crippen LogP contribution in [0.15, 0.2) is 52.5 Å². The number of piperidine rings is 1. The number of azide groups is 1. The lowest BCUT2D eigenvalue weighted by Crippen LogP contribution is -2.40. The van der Waals surface area contributed by atoms with Gasteiger partial charge >= 0.3 is 0 Å². The van der Waals surface area contributed by atoms with Crippen LogP contribution in [0.1, 0.15) is 24.0 Å². The molecule has 0 amide bonds. The summed E-state index contributed by atoms with van der Waals surface area (Å²) in [4.78, 5) is 5.26. The Labute approximate surface area is 183 Å². The van der Waals surface area contributed by atoms with Crippen LogP contribution in [-0.4, -0.2) is 46.0 Å². The largest absolute Gasteiger partial charge is 0.302 e. The third kappa shape index (κ3) is 5.84. The fourth-order valence-electron chi connectivity index (χ4n) is 3.89. The zero-order valence-corrected chi connectivity index (χ0v) is 18.3. The molecular weight excluding hydrogens is 412 g/mol. The Hall–Kier alpha value is -2.89. The van der Waals surface area contributed by atoms with Crippen molar-refractivity contribution in [3.63, 3.8) is 0 Å². The van der Waals surface area contributed by atoms with Gasteiger partial charge in [-0.15, -0.1) is 0 Å². The van der Waals surface area contributed by atoms with Crippen LogP contribution in [0.5, 0.6) is 0 Å². The minimum absolute atomic E-state index is 0.219. The predicted molar refractivity (Wildman–Crippen MR) is 120 cm³/mol. The lowest BCUT2D eigenvalue weighted by atomic mass is 9.97. The fraction of sp³-hybridized carbons (Fsp3) is 0.409. The van der Waals surface area contributed by atoms with Gasteiger partial charge in [-0.2, -0.15) is 5.26 Å². The Morgan fingerprint density at radius 3 is 2.65 bits per heavy atom. The van der Waals surface area contributed by atoms with Crippen molar-refractivity contribution in [2.75, 3.05) is 32.7 Å². The first-order valence-corrected chi connectivity index (χ1v) is 11.8. The van der Waals surface area contributed by atoms with Gasteiger partial charge in [-0.3, -0.25) is 0 Å². The molecule has 9 heteroatoms. The summed E-state index contributed by atoms with van der Waals surface area (Å²) in [5, 5.41) is 13.0. The number of hydrogen-bond acceptors (Lipinski definition) is 5. The zero-order valence-electron chi connectivity index (χ0n) is 17.5. The van der Waals surface area contributed by atoms with Crippen LogP contribution in [-0.2, 0) is 10.0 Å². The molecule has 1 aliphatic rings. The van der Waals surface area contributed by atoms with Gasteiger partial charge in [0, 0.05) is 24.5 Å². The summed E-state index contributed by atoms with van der Waals surface area (Å²) in [6, 6.07) is 14.5. The van der Waals surface area contributed by atoms with E-state index >= 15 is 0 Å². The number of nitrogens with zero attached hydrogens (tertiary/aromatic N) is 5. The molecule has 0 saturated carbocycles. The van der Waals surface area contributed by atoms with E-state index in [0.717, 1.165) is 42.6 Å². The number of aryl methyl sites for hydroxylation is 1. The Morgan fingerprint density at radius 2 is 1.97 bits per heavy atom. The second kappa shape index (κ2) is 10.4. The maximum Gasteiger partial charge on any atom is 0.240 e. The highest BCUT2D eigenvalue weighted by atomic mass is 32.2. The molecule has 0 radical (unpaired) electrons. The monoisotopic (exact) mass is 438 g/mol. The Morgan fingerprint density at radius 1 is 1.23 bits per heavy atom. The average molecular weight is 439 g/mol. The number of benzene rings is 2. The number of nitrogens with one attached hydrogen (secondary N) is 1. The normalized spacial score (nSPS) is 15.2. The SMILES string of the molecule is Cc1cc(S(=O)(=O)NCCN2CCC(CN=[N+]=[N-])CC2)ccc1-c1ccccc1C#N. The second-order valence-corrected chi connectivity index (χ2v) is 9.50. The van der Waals surface area contributed by atoms with Gasteiger partial charge < -0.3 is 4.90 Å². The molecule has 2 aromatic rings. The van der Waals surface area contributed by atoms with Gasteiger partial charge in [0.05, 0.1) is 16.5 Å². The van der Waals surface area contributed by atoms with E-state index in [0.29, 0.717) is 31.1 Å². The number of rotatable bonds is 8. The Balaban J connectivity index is 1.59. The number of hydrogen-bond donors (Lipinski definition) is 1. The maximum atomic E-state index is 12.7. The van der Waals surface area contributed by atoms with Crippen molar-refractivity contribution in [2.45, 2.75) is 24.7 Å². The van der Waals surface area contributed by atoms with E-state index in [1.165, 1.54) is 0 Å². The van der Waals surface area contributed by atoms with Gasteiger partial charge in [0.25, 0.3) is 0 Å². The molecule has 1 saturated heterocycles. The molecule has 3 rings (SSSR count). The van der Waals surface area contributed by atoms with E-state index in [-0.39, 0.29) is 4.90 Å². The van der Waals surface area contributed by atoms with Crippen LogP contribution in [0.2, 0.25) is 0 Å². The van der Waals surface area contributed by atoms with Crippen LogP contribution in [0.25, 0.3) is 21.6 Å². The van der Waals surface area contributed by atoms with Crippen molar-refractivity contribution >= 4 is 10.0 Å².